The summed E-state index contributed by atoms with van der Waals surface area (Å²) in [5.41, 5.74) is 0.362. The van der Waals surface area contributed by atoms with Gasteiger partial charge in [-0.3, -0.25) is 9.59 Å². The summed E-state index contributed by atoms with van der Waals surface area (Å²) in [6.07, 6.45) is -3.95. The van der Waals surface area contributed by atoms with Crippen molar-refractivity contribution in [3.8, 4) is 23.0 Å². The van der Waals surface area contributed by atoms with Crippen molar-refractivity contribution in [2.45, 2.75) is 13.2 Å². The summed E-state index contributed by atoms with van der Waals surface area (Å²) in [6.45, 7) is 1.81. The van der Waals surface area contributed by atoms with Gasteiger partial charge in [0.15, 0.2) is 17.3 Å². The van der Waals surface area contributed by atoms with E-state index in [0.29, 0.717) is 27.8 Å². The molecule has 13 heteroatoms. The van der Waals surface area contributed by atoms with Crippen molar-refractivity contribution in [3.63, 3.8) is 0 Å². The monoisotopic (exact) mass is 545 g/mol. The molecule has 0 aliphatic carbocycles. The Hall–Kier alpha value is -4.52. The lowest BCUT2D eigenvalue weighted by atomic mass is 10.1. The molecule has 0 spiro atoms. The smallest absolute Gasteiger partial charge is 0.497 e. The van der Waals surface area contributed by atoms with Gasteiger partial charge in [-0.2, -0.15) is 0 Å². The average molecular weight is 545 g/mol. The van der Waals surface area contributed by atoms with Gasteiger partial charge in [0.25, 0.3) is 11.8 Å². The minimum Gasteiger partial charge on any atom is -0.497 e. The molecule has 38 heavy (non-hydrogen) atoms. The Morgan fingerprint density at radius 2 is 1.66 bits per heavy atom. The molecule has 0 unspecified atom stereocenters. The van der Waals surface area contributed by atoms with E-state index in [-0.39, 0.29) is 16.8 Å². The maximum Gasteiger partial charge on any atom is 0.586 e. The highest BCUT2D eigenvalue weighted by Gasteiger charge is 2.44. The number of anilines is 2. The van der Waals surface area contributed by atoms with Crippen LogP contribution in [0.5, 0.6) is 23.0 Å². The highest BCUT2D eigenvalue weighted by Crippen LogP contribution is 2.43. The third kappa shape index (κ3) is 4.63. The second-order valence-electron chi connectivity index (χ2n) is 7.99. The largest absolute Gasteiger partial charge is 0.586 e. The lowest BCUT2D eigenvalue weighted by Crippen LogP contribution is -2.25. The molecule has 3 aromatic carbocycles. The summed E-state index contributed by atoms with van der Waals surface area (Å²) >= 11 is 1.31. The second kappa shape index (κ2) is 9.41. The summed E-state index contributed by atoms with van der Waals surface area (Å²) in [6, 6.07) is 9.13. The van der Waals surface area contributed by atoms with E-state index in [4.69, 9.17) is 9.47 Å². The van der Waals surface area contributed by atoms with E-state index in [1.54, 1.807) is 19.1 Å². The van der Waals surface area contributed by atoms with Crippen LogP contribution < -0.4 is 29.6 Å². The molecule has 0 bridgehead atoms. The molecule has 2 heterocycles. The number of methoxy groups -OCH3 is 2. The van der Waals surface area contributed by atoms with Crippen molar-refractivity contribution < 1.29 is 41.7 Å². The van der Waals surface area contributed by atoms with Crippen LogP contribution in [0.1, 0.15) is 25.7 Å². The summed E-state index contributed by atoms with van der Waals surface area (Å²) in [5.74, 6) is -2.80. The number of hydrogen-bond donors (Lipinski definition) is 2. The maximum atomic E-state index is 14.6. The molecule has 5 rings (SSSR count). The van der Waals surface area contributed by atoms with E-state index in [0.717, 1.165) is 11.1 Å². The molecule has 0 fully saturated rings. The van der Waals surface area contributed by atoms with Crippen LogP contribution in [0.2, 0.25) is 0 Å². The first kappa shape index (κ1) is 25.1. The standard InChI is InChI=1S/C25H18F3N3O6S/c1-11-29-15-6-7-18(35-3)21(22(15)38-11)24(33)30-16-8-12(34-2)4-5-13(16)23(32)31-17-10-20-19(9-14(17)26)36-25(27,28)37-20/h4-10H,1-3H3,(H,30,33)(H,31,32). The Morgan fingerprint density at radius 1 is 0.947 bits per heavy atom. The molecule has 1 aromatic heterocycles. The van der Waals surface area contributed by atoms with Gasteiger partial charge in [0.1, 0.15) is 17.1 Å². The van der Waals surface area contributed by atoms with E-state index in [2.05, 4.69) is 25.1 Å². The van der Waals surface area contributed by atoms with Crippen molar-refractivity contribution >= 4 is 44.7 Å². The van der Waals surface area contributed by atoms with Crippen molar-refractivity contribution in [1.82, 2.24) is 4.98 Å². The highest BCUT2D eigenvalue weighted by molar-refractivity contribution is 7.19. The van der Waals surface area contributed by atoms with Crippen LogP contribution in [0.25, 0.3) is 10.2 Å². The lowest BCUT2D eigenvalue weighted by molar-refractivity contribution is -0.286. The zero-order chi connectivity index (χ0) is 27.2. The summed E-state index contributed by atoms with van der Waals surface area (Å²) < 4.78 is 61.0. The second-order valence-corrected chi connectivity index (χ2v) is 9.19. The number of amides is 2. The first-order valence-corrected chi connectivity index (χ1v) is 11.7. The van der Waals surface area contributed by atoms with Crippen molar-refractivity contribution in [1.29, 1.82) is 0 Å². The number of halogens is 3. The van der Waals surface area contributed by atoms with E-state index >= 15 is 0 Å². The van der Waals surface area contributed by atoms with Crippen LogP contribution in [0, 0.1) is 12.7 Å². The number of carbonyl (C=O) groups is 2. The molecule has 2 N–H and O–H groups in total. The van der Waals surface area contributed by atoms with E-state index in [9.17, 15) is 22.8 Å². The molecule has 0 saturated carbocycles. The molecule has 0 radical (unpaired) electrons. The summed E-state index contributed by atoms with van der Waals surface area (Å²) in [4.78, 5) is 31.0. The van der Waals surface area contributed by atoms with Gasteiger partial charge >= 0.3 is 6.29 Å². The Balaban J connectivity index is 1.48. The van der Waals surface area contributed by atoms with Crippen LogP contribution in [0.4, 0.5) is 24.5 Å². The topological polar surface area (TPSA) is 108 Å². The minimum absolute atomic E-state index is 0.0415. The number of aryl methyl sites for hydroxylation is 1. The van der Waals surface area contributed by atoms with Gasteiger partial charge in [-0.05, 0) is 31.2 Å². The molecular weight excluding hydrogens is 527 g/mol. The Kier molecular flexibility index (Phi) is 6.23. The van der Waals surface area contributed by atoms with Gasteiger partial charge in [0, 0.05) is 18.2 Å². The molecule has 9 nitrogen and oxygen atoms in total. The number of ether oxygens (including phenoxy) is 4. The predicted octanol–water partition coefficient (Wildman–Crippen LogP) is 5.59. The summed E-state index contributed by atoms with van der Waals surface area (Å²) in [7, 11) is 2.83. The zero-order valence-electron chi connectivity index (χ0n) is 20.0. The molecule has 0 saturated heterocycles. The number of carbonyl (C=O) groups excluding carboxylic acids is 2. The van der Waals surface area contributed by atoms with Gasteiger partial charge in [-0.1, -0.05) is 0 Å². The Bertz CT molecular complexity index is 1610. The number of thiazole rings is 1. The highest BCUT2D eigenvalue weighted by atomic mass is 32.1. The fourth-order valence-electron chi connectivity index (χ4n) is 3.86. The molecule has 2 amide bonds. The molecular formula is C25H18F3N3O6S. The van der Waals surface area contributed by atoms with Gasteiger partial charge in [-0.15, -0.1) is 20.1 Å². The molecule has 196 valence electrons. The van der Waals surface area contributed by atoms with Crippen LogP contribution >= 0.6 is 11.3 Å². The molecule has 0 atom stereocenters. The van der Waals surface area contributed by atoms with Gasteiger partial charge in [0.05, 0.1) is 46.4 Å². The number of benzene rings is 3. The van der Waals surface area contributed by atoms with Gasteiger partial charge in [0.2, 0.25) is 0 Å². The van der Waals surface area contributed by atoms with Gasteiger partial charge in [-0.25, -0.2) is 9.37 Å². The first-order chi connectivity index (χ1) is 18.1. The Labute approximate surface area is 217 Å². The van der Waals surface area contributed by atoms with E-state index in [1.165, 1.54) is 43.8 Å². The van der Waals surface area contributed by atoms with E-state index in [1.807, 2.05) is 0 Å². The third-order valence-electron chi connectivity index (χ3n) is 5.53. The number of aromatic nitrogens is 1. The van der Waals surface area contributed by atoms with Gasteiger partial charge < -0.3 is 29.6 Å². The van der Waals surface area contributed by atoms with Crippen LogP contribution in [-0.4, -0.2) is 37.3 Å². The molecule has 1 aliphatic heterocycles. The number of rotatable bonds is 6. The van der Waals surface area contributed by atoms with Crippen LogP contribution in [0.3, 0.4) is 0 Å². The molecule has 4 aromatic rings. The third-order valence-corrected chi connectivity index (χ3v) is 6.54. The van der Waals surface area contributed by atoms with Crippen molar-refractivity contribution in [3.05, 3.63) is 64.4 Å². The lowest BCUT2D eigenvalue weighted by Gasteiger charge is -2.15. The number of nitrogens with zero attached hydrogens (tertiary/aromatic N) is 1. The number of nitrogens with one attached hydrogen (secondary N) is 2. The fraction of sp³-hybridized carbons (Fsp3) is 0.160. The van der Waals surface area contributed by atoms with E-state index < -0.39 is 41.1 Å². The van der Waals surface area contributed by atoms with Crippen molar-refractivity contribution in [2.24, 2.45) is 0 Å². The number of alkyl halides is 2. The summed E-state index contributed by atoms with van der Waals surface area (Å²) in [5, 5.41) is 5.75. The quantitative estimate of drug-likeness (QED) is 0.325. The minimum atomic E-state index is -3.95. The number of fused-ring (bicyclic) bond motifs is 2. The van der Waals surface area contributed by atoms with Crippen LogP contribution in [0.15, 0.2) is 42.5 Å². The number of hydrogen-bond acceptors (Lipinski definition) is 8. The van der Waals surface area contributed by atoms with Crippen molar-refractivity contribution in [2.75, 3.05) is 24.9 Å². The SMILES string of the molecule is COc1ccc(C(=O)Nc2cc3c(cc2F)OC(F)(F)O3)c(NC(=O)c2c(OC)ccc3nc(C)sc23)c1. The Morgan fingerprint density at radius 3 is 2.37 bits per heavy atom. The predicted molar refractivity (Wildman–Crippen MR) is 132 cm³/mol. The first-order valence-electron chi connectivity index (χ1n) is 10.9. The maximum absolute atomic E-state index is 14.6. The normalized spacial score (nSPS) is 13.3. The average Bonchev–Trinajstić information content (AvgIpc) is 3.39. The fourth-order valence-corrected chi connectivity index (χ4v) is 4.82. The van der Waals surface area contributed by atoms with Crippen LogP contribution in [-0.2, 0) is 0 Å². The zero-order valence-corrected chi connectivity index (χ0v) is 20.8. The molecule has 1 aliphatic rings.